The van der Waals surface area contributed by atoms with E-state index in [-0.39, 0.29) is 11.6 Å². The molecule has 0 atom stereocenters. The third kappa shape index (κ3) is 2.57. The average Bonchev–Trinajstić information content (AvgIpc) is 2.28. The van der Waals surface area contributed by atoms with Crippen LogP contribution in [0.25, 0.3) is 0 Å². The summed E-state index contributed by atoms with van der Waals surface area (Å²) in [6.07, 6.45) is 5.03. The summed E-state index contributed by atoms with van der Waals surface area (Å²) >= 11 is 0. The first-order valence-corrected chi connectivity index (χ1v) is 5.60. The lowest BCUT2D eigenvalue weighted by Crippen LogP contribution is -2.16. The molecule has 2 heteroatoms. The van der Waals surface area contributed by atoms with Crippen molar-refractivity contribution in [1.29, 1.82) is 0 Å². The van der Waals surface area contributed by atoms with Gasteiger partial charge in [-0.1, -0.05) is 18.6 Å². The fraction of sp³-hybridized carbons (Fsp3) is 0.429. The minimum Gasteiger partial charge on any atom is -0.290 e. The minimum atomic E-state index is -0.0327. The maximum atomic E-state index is 11.9. The monoisotopic (exact) mass is 218 g/mol. The quantitative estimate of drug-likeness (QED) is 0.538. The normalized spacial score (nSPS) is 18.0. The molecule has 0 spiro atoms. The Balaban J connectivity index is 2.89. The maximum absolute atomic E-state index is 11.9. The Labute approximate surface area is 96.7 Å². The molecule has 0 N–H and O–H groups in total. The Kier molecular flexibility index (Phi) is 3.99. The first-order chi connectivity index (χ1) is 7.47. The van der Waals surface area contributed by atoms with E-state index in [1.807, 2.05) is 13.0 Å². The van der Waals surface area contributed by atoms with Crippen LogP contribution in [0.3, 0.4) is 0 Å². The topological polar surface area (TPSA) is 34.1 Å². The van der Waals surface area contributed by atoms with E-state index in [0.29, 0.717) is 23.1 Å². The Hall–Kier alpha value is -1.44. The van der Waals surface area contributed by atoms with Crippen molar-refractivity contribution in [2.24, 2.45) is 0 Å². The van der Waals surface area contributed by atoms with Crippen molar-refractivity contribution in [3.8, 4) is 0 Å². The van der Waals surface area contributed by atoms with Gasteiger partial charge in [-0.15, -0.1) is 0 Å². The van der Waals surface area contributed by atoms with E-state index in [1.165, 1.54) is 11.6 Å². The summed E-state index contributed by atoms with van der Waals surface area (Å²) in [7, 11) is 0. The highest BCUT2D eigenvalue weighted by Gasteiger charge is 2.21. The van der Waals surface area contributed by atoms with Crippen LogP contribution in [0.1, 0.15) is 40.5 Å². The first kappa shape index (κ1) is 12.6. The van der Waals surface area contributed by atoms with Crippen LogP contribution in [0, 0.1) is 0 Å². The fourth-order valence-electron chi connectivity index (χ4n) is 1.51. The lowest BCUT2D eigenvalue weighted by atomic mass is 9.89. The van der Waals surface area contributed by atoms with E-state index in [4.69, 9.17) is 0 Å². The minimum absolute atomic E-state index is 0.0113. The van der Waals surface area contributed by atoms with Gasteiger partial charge in [0.15, 0.2) is 11.6 Å². The predicted molar refractivity (Wildman–Crippen MR) is 65.1 cm³/mol. The van der Waals surface area contributed by atoms with Crippen LogP contribution in [0.4, 0.5) is 0 Å². The predicted octanol–water partition coefficient (Wildman–Crippen LogP) is 3.15. The zero-order valence-corrected chi connectivity index (χ0v) is 10.4. The van der Waals surface area contributed by atoms with Crippen molar-refractivity contribution in [3.63, 3.8) is 0 Å². The molecule has 1 aliphatic carbocycles. The fourth-order valence-corrected chi connectivity index (χ4v) is 1.51. The number of hydrogen-bond acceptors (Lipinski definition) is 2. The Morgan fingerprint density at radius 2 is 1.88 bits per heavy atom. The molecule has 0 aliphatic heterocycles. The highest BCUT2D eigenvalue weighted by molar-refractivity contribution is 6.22. The lowest BCUT2D eigenvalue weighted by Gasteiger charge is -2.13. The molecule has 0 amide bonds. The molecular formula is C14H18O2. The van der Waals surface area contributed by atoms with E-state index in [9.17, 15) is 9.59 Å². The summed E-state index contributed by atoms with van der Waals surface area (Å²) in [6, 6.07) is 0. The van der Waals surface area contributed by atoms with E-state index in [1.54, 1.807) is 13.8 Å². The smallest absolute Gasteiger partial charge is 0.185 e. The van der Waals surface area contributed by atoms with Gasteiger partial charge in [-0.3, -0.25) is 9.59 Å². The van der Waals surface area contributed by atoms with Gasteiger partial charge in [-0.2, -0.15) is 0 Å². The first-order valence-electron chi connectivity index (χ1n) is 5.60. The molecule has 1 rings (SSSR count). The zero-order valence-electron chi connectivity index (χ0n) is 10.4. The Bertz CT molecular complexity index is 420. The van der Waals surface area contributed by atoms with Gasteiger partial charge in [0, 0.05) is 16.7 Å². The summed E-state index contributed by atoms with van der Waals surface area (Å²) in [5.41, 5.74) is 3.01. The van der Waals surface area contributed by atoms with Gasteiger partial charge < -0.3 is 0 Å². The van der Waals surface area contributed by atoms with Crippen molar-refractivity contribution < 1.29 is 9.59 Å². The lowest BCUT2D eigenvalue weighted by molar-refractivity contribution is -0.115. The summed E-state index contributed by atoms with van der Waals surface area (Å²) in [5, 5.41) is 0. The van der Waals surface area contributed by atoms with Crippen LogP contribution in [-0.2, 0) is 9.59 Å². The summed E-state index contributed by atoms with van der Waals surface area (Å²) in [4.78, 5) is 23.4. The second-order valence-electron chi connectivity index (χ2n) is 4.22. The largest absolute Gasteiger partial charge is 0.290 e. The number of carbonyl (C=O) groups excluding carboxylic acids is 2. The van der Waals surface area contributed by atoms with Crippen LogP contribution < -0.4 is 0 Å². The van der Waals surface area contributed by atoms with Crippen molar-refractivity contribution in [2.75, 3.05) is 0 Å². The number of carbonyl (C=O) groups is 2. The van der Waals surface area contributed by atoms with Crippen molar-refractivity contribution >= 4 is 11.6 Å². The summed E-state index contributed by atoms with van der Waals surface area (Å²) in [6.45, 7) is 7.53. The molecule has 86 valence electrons. The van der Waals surface area contributed by atoms with Gasteiger partial charge in [0.05, 0.1) is 0 Å². The van der Waals surface area contributed by atoms with E-state index >= 15 is 0 Å². The Morgan fingerprint density at radius 3 is 2.44 bits per heavy atom. The van der Waals surface area contributed by atoms with Crippen molar-refractivity contribution in [3.05, 3.63) is 34.4 Å². The highest BCUT2D eigenvalue weighted by Crippen LogP contribution is 2.21. The third-order valence-corrected chi connectivity index (χ3v) is 3.10. The van der Waals surface area contributed by atoms with Crippen LogP contribution in [-0.4, -0.2) is 11.6 Å². The average molecular weight is 218 g/mol. The van der Waals surface area contributed by atoms with Crippen molar-refractivity contribution in [2.45, 2.75) is 40.5 Å². The van der Waals surface area contributed by atoms with Gasteiger partial charge in [0.25, 0.3) is 0 Å². The molecule has 0 fully saturated rings. The number of rotatable bonds is 3. The molecule has 0 bridgehead atoms. The standard InChI is InChI=1S/C14H18O2/c1-5-9(2)6-7-12-8-13(15)10(3)11(4)14(12)16/h6,8H,5,7H2,1-4H3/b9-6+. The highest BCUT2D eigenvalue weighted by atomic mass is 16.1. The van der Waals surface area contributed by atoms with E-state index < -0.39 is 0 Å². The number of allylic oxidation sites excluding steroid dienone is 6. The van der Waals surface area contributed by atoms with Gasteiger partial charge in [0.1, 0.15) is 0 Å². The molecule has 0 unspecified atom stereocenters. The number of ketones is 2. The van der Waals surface area contributed by atoms with Gasteiger partial charge >= 0.3 is 0 Å². The molecule has 0 aromatic heterocycles. The van der Waals surface area contributed by atoms with Gasteiger partial charge in [-0.05, 0) is 39.7 Å². The maximum Gasteiger partial charge on any atom is 0.185 e. The molecular weight excluding hydrogens is 200 g/mol. The number of hydrogen-bond donors (Lipinski definition) is 0. The zero-order chi connectivity index (χ0) is 12.3. The van der Waals surface area contributed by atoms with Crippen LogP contribution in [0.15, 0.2) is 34.4 Å². The van der Waals surface area contributed by atoms with E-state index in [2.05, 4.69) is 6.92 Å². The molecule has 16 heavy (non-hydrogen) atoms. The van der Waals surface area contributed by atoms with Gasteiger partial charge in [0.2, 0.25) is 0 Å². The Morgan fingerprint density at radius 1 is 1.25 bits per heavy atom. The second-order valence-corrected chi connectivity index (χ2v) is 4.22. The molecule has 2 nitrogen and oxygen atoms in total. The SMILES string of the molecule is CC/C(C)=C/CC1=CC(=O)C(C)=C(C)C1=O. The summed E-state index contributed by atoms with van der Waals surface area (Å²) in [5.74, 6) is -0.0214. The third-order valence-electron chi connectivity index (χ3n) is 3.10. The van der Waals surface area contributed by atoms with Crippen molar-refractivity contribution in [1.82, 2.24) is 0 Å². The molecule has 0 saturated heterocycles. The van der Waals surface area contributed by atoms with Gasteiger partial charge in [-0.25, -0.2) is 0 Å². The molecule has 0 saturated carbocycles. The van der Waals surface area contributed by atoms with Crippen LogP contribution >= 0.6 is 0 Å². The summed E-state index contributed by atoms with van der Waals surface area (Å²) < 4.78 is 0. The number of Topliss-reactive ketones (excluding diaryl/α,β-unsaturated/α-hetero) is 1. The van der Waals surface area contributed by atoms with Crippen LogP contribution in [0.5, 0.6) is 0 Å². The molecule has 0 heterocycles. The molecule has 0 radical (unpaired) electrons. The van der Waals surface area contributed by atoms with Crippen LogP contribution in [0.2, 0.25) is 0 Å². The molecule has 0 aromatic carbocycles. The second kappa shape index (κ2) is 5.06. The molecule has 0 aromatic rings. The van der Waals surface area contributed by atoms with E-state index in [0.717, 1.165) is 6.42 Å². The molecule has 1 aliphatic rings.